The zero-order valence-corrected chi connectivity index (χ0v) is 68.7. The van der Waals surface area contributed by atoms with Gasteiger partial charge >= 0.3 is 0 Å². The average molecular weight is 1450 g/mol. The van der Waals surface area contributed by atoms with Crippen LogP contribution in [-0.2, 0) is 18.9 Å². The lowest BCUT2D eigenvalue weighted by molar-refractivity contribution is -0.227. The predicted molar refractivity (Wildman–Crippen MR) is 433 cm³/mol. The number of rotatable bonds is 29. The molecule has 0 N–H and O–H groups in total. The molecule has 0 heterocycles. The molecule has 8 nitrogen and oxygen atoms in total. The third-order valence-corrected chi connectivity index (χ3v) is 31.0. The van der Waals surface area contributed by atoms with Crippen LogP contribution in [0.3, 0.4) is 0 Å². The smallest absolute Gasteiger partial charge is 0.205 e. The van der Waals surface area contributed by atoms with E-state index in [4.69, 9.17) is 37.9 Å². The molecule has 17 fully saturated rings. The molecule has 0 amide bonds. The summed E-state index contributed by atoms with van der Waals surface area (Å²) in [5, 5.41) is 0. The summed E-state index contributed by atoms with van der Waals surface area (Å²) in [5.41, 5.74) is 6.64. The fourth-order valence-electron chi connectivity index (χ4n) is 26.4. The second-order valence-electron chi connectivity index (χ2n) is 39.5. The minimum Gasteiger partial charge on any atom is -0.464 e. The Bertz CT molecular complexity index is 3180. The molecule has 0 spiro atoms. The maximum absolute atomic E-state index is 6.73. The molecular weight excluding hydrogens is 1310 g/mol. The second kappa shape index (κ2) is 34.9. The normalized spacial score (nSPS) is 35.3. The molecule has 17 saturated carbocycles. The summed E-state index contributed by atoms with van der Waals surface area (Å²) in [6.45, 7) is 26.1. The summed E-state index contributed by atoms with van der Waals surface area (Å²) in [4.78, 5) is 0. The third-order valence-electron chi connectivity index (χ3n) is 31.0. The first-order valence-electron chi connectivity index (χ1n) is 44.8. The topological polar surface area (TPSA) is 73.8 Å². The van der Waals surface area contributed by atoms with E-state index in [0.717, 1.165) is 113 Å². The van der Waals surface area contributed by atoms with E-state index in [-0.39, 0.29) is 52.9 Å². The van der Waals surface area contributed by atoms with Gasteiger partial charge in [-0.3, -0.25) is 0 Å². The van der Waals surface area contributed by atoms with Gasteiger partial charge in [0.15, 0.2) is 0 Å². The minimum atomic E-state index is -0.0923. The molecule has 8 atom stereocenters. The molecule has 8 unspecified atom stereocenters. The maximum atomic E-state index is 6.73. The van der Waals surface area contributed by atoms with E-state index in [2.05, 4.69) is 173 Å². The van der Waals surface area contributed by atoms with Crippen LogP contribution >= 0.6 is 0 Å². The standard InChI is InChI=1S/C29H44O2.C24H36O2.C23H34O2.C22H32O2/c1-3-21(2)26-9-11-27(12-10-26)31-28(30-14-13-22-7-5-4-6-8-22)29-18-23-15-24(19-29)17-25(16-23)20-29;1-5-17(4)21-6-8-22(9-7-21)26-23(25-16(2)3)24-13-18-10-19(14-24)12-20(11-18)15-24;1-4-16(3)20-6-8-21(9-7-20)25-22(24-5-2)23-13-17-10-18(14-23)12-19(11-17)15-23;1-4-15(2)19-5-7-20(8-6-19)24-21(23-3)22-12-16-9-17(13-22)11-18(10-16)14-22/h9-12,21-25,28H,3-8,13-20H2,1-2H3;6-9,16-20,23H,5,10-15H2,1-4H3;6-9,16-19,22H,4-5,10-15H2,1-3H3;5-8,15-18,21H,4,9-14H2,1-3H3. The molecule has 0 aliphatic heterocycles. The van der Waals surface area contributed by atoms with Gasteiger partial charge in [0.1, 0.15) is 23.0 Å². The van der Waals surface area contributed by atoms with Crippen LogP contribution in [0.5, 0.6) is 23.0 Å². The third kappa shape index (κ3) is 18.3. The minimum absolute atomic E-state index is 0.0565. The highest BCUT2D eigenvalue weighted by Gasteiger charge is 2.60. The Hall–Kier alpha value is -4.08. The lowest BCUT2D eigenvalue weighted by Gasteiger charge is -2.58. The zero-order chi connectivity index (χ0) is 73.7. The first-order chi connectivity index (χ1) is 51.3. The van der Waals surface area contributed by atoms with Gasteiger partial charge in [0.2, 0.25) is 25.2 Å². The Morgan fingerprint density at radius 1 is 0.311 bits per heavy atom. The van der Waals surface area contributed by atoms with Crippen molar-refractivity contribution in [3.8, 4) is 23.0 Å². The summed E-state index contributed by atoms with van der Waals surface area (Å²) < 4.78 is 51.4. The van der Waals surface area contributed by atoms with Crippen LogP contribution in [0, 0.1) is 98.6 Å². The maximum Gasteiger partial charge on any atom is 0.205 e. The van der Waals surface area contributed by atoms with E-state index in [1.54, 1.807) is 0 Å². The van der Waals surface area contributed by atoms with Crippen LogP contribution < -0.4 is 18.9 Å². The number of ether oxygens (including phenoxy) is 8. The van der Waals surface area contributed by atoms with Gasteiger partial charge in [-0.05, 0) is 378 Å². The van der Waals surface area contributed by atoms with Crippen LogP contribution in [0.4, 0.5) is 0 Å². The fourth-order valence-corrected chi connectivity index (χ4v) is 26.4. The molecule has 106 heavy (non-hydrogen) atoms. The van der Waals surface area contributed by atoms with Crippen molar-refractivity contribution in [2.75, 3.05) is 20.3 Å². The van der Waals surface area contributed by atoms with Crippen molar-refractivity contribution in [2.24, 2.45) is 98.6 Å². The first-order valence-corrected chi connectivity index (χ1v) is 44.8. The monoisotopic (exact) mass is 1450 g/mol. The van der Waals surface area contributed by atoms with Gasteiger partial charge in [-0.1, -0.05) is 136 Å². The van der Waals surface area contributed by atoms with E-state index in [0.29, 0.717) is 23.7 Å². The highest BCUT2D eigenvalue weighted by atomic mass is 16.7. The molecule has 8 heteroatoms. The summed E-state index contributed by atoms with van der Waals surface area (Å²) in [6.07, 6.45) is 46.2. The lowest BCUT2D eigenvalue weighted by Crippen LogP contribution is -2.54. The molecule has 0 saturated heterocycles. The molecule has 0 aromatic heterocycles. The summed E-state index contributed by atoms with van der Waals surface area (Å²) in [5.74, 6) is 18.3. The van der Waals surface area contributed by atoms with Gasteiger partial charge in [0.25, 0.3) is 0 Å². The molecule has 586 valence electrons. The molecule has 4 aromatic carbocycles. The molecule has 0 radical (unpaired) electrons. The first kappa shape index (κ1) is 78.6. The zero-order valence-electron chi connectivity index (χ0n) is 68.7. The Labute approximate surface area is 644 Å². The van der Waals surface area contributed by atoms with Crippen molar-refractivity contribution < 1.29 is 37.9 Å². The Balaban J connectivity index is 0.000000119. The molecule has 16 bridgehead atoms. The van der Waals surface area contributed by atoms with Gasteiger partial charge in [0.05, 0.1) is 12.7 Å². The number of benzene rings is 4. The van der Waals surface area contributed by atoms with Gasteiger partial charge < -0.3 is 37.9 Å². The number of methoxy groups -OCH3 is 1. The van der Waals surface area contributed by atoms with Crippen molar-refractivity contribution in [2.45, 2.75) is 349 Å². The van der Waals surface area contributed by atoms with Crippen LogP contribution in [-0.4, -0.2) is 51.6 Å². The average Bonchev–Trinajstić information content (AvgIpc) is 0.754. The van der Waals surface area contributed by atoms with Crippen molar-refractivity contribution in [1.29, 1.82) is 0 Å². The highest BCUT2D eigenvalue weighted by molar-refractivity contribution is 5.33. The van der Waals surface area contributed by atoms with Gasteiger partial charge in [-0.25, -0.2) is 0 Å². The van der Waals surface area contributed by atoms with Crippen LogP contribution in [0.25, 0.3) is 0 Å². The number of hydrogen-bond donors (Lipinski definition) is 0. The van der Waals surface area contributed by atoms with E-state index < -0.39 is 0 Å². The highest BCUT2D eigenvalue weighted by Crippen LogP contribution is 2.66. The molecular formula is C98H146O8. The quantitative estimate of drug-likeness (QED) is 0.0498. The predicted octanol–water partition coefficient (Wildman–Crippen LogP) is 26.6. The van der Waals surface area contributed by atoms with Crippen molar-refractivity contribution in [1.82, 2.24) is 0 Å². The molecule has 17 aliphatic carbocycles. The van der Waals surface area contributed by atoms with Crippen LogP contribution in [0.2, 0.25) is 0 Å². The Morgan fingerprint density at radius 2 is 0.557 bits per heavy atom. The van der Waals surface area contributed by atoms with Crippen LogP contribution in [0.15, 0.2) is 97.1 Å². The van der Waals surface area contributed by atoms with Crippen molar-refractivity contribution in [3.63, 3.8) is 0 Å². The molecule has 21 rings (SSSR count). The summed E-state index contributed by atoms with van der Waals surface area (Å²) in [6, 6.07) is 35.1. The Kier molecular flexibility index (Phi) is 25.9. The molecule has 17 aliphatic rings. The Morgan fingerprint density at radius 3 is 0.811 bits per heavy atom. The van der Waals surface area contributed by atoms with Crippen molar-refractivity contribution >= 4 is 0 Å². The number of hydrogen-bond acceptors (Lipinski definition) is 8. The lowest BCUT2D eigenvalue weighted by atomic mass is 9.49. The van der Waals surface area contributed by atoms with Gasteiger partial charge in [-0.2, -0.15) is 0 Å². The van der Waals surface area contributed by atoms with Crippen molar-refractivity contribution in [3.05, 3.63) is 119 Å². The van der Waals surface area contributed by atoms with Gasteiger partial charge in [0, 0.05) is 35.4 Å². The van der Waals surface area contributed by atoms with E-state index in [1.807, 2.05) is 7.11 Å². The van der Waals surface area contributed by atoms with E-state index in [9.17, 15) is 0 Å². The largest absolute Gasteiger partial charge is 0.464 e. The summed E-state index contributed by atoms with van der Waals surface area (Å²) >= 11 is 0. The van der Waals surface area contributed by atoms with E-state index >= 15 is 0 Å². The fraction of sp³-hybridized carbons (Fsp3) is 0.755. The second-order valence-corrected chi connectivity index (χ2v) is 39.5. The SMILES string of the molecule is CCC(C)c1ccc(OC(OC(C)C)C23CC4CC(CC(C4)C2)C3)cc1.CCC(C)c1ccc(OC(OC)C23CC4CC(CC(C4)C2)C3)cc1.CCC(C)c1ccc(OC(OCCC2CCCCC2)C23CC4CC(CC(C4)C2)C3)cc1.CCOC(Oc1ccc(C(C)CC)cc1)C12CC3CC(CC(C3)C1)C2. The van der Waals surface area contributed by atoms with Gasteiger partial charge in [-0.15, -0.1) is 0 Å². The summed E-state index contributed by atoms with van der Waals surface area (Å²) in [7, 11) is 1.83. The van der Waals surface area contributed by atoms with Crippen LogP contribution in [0.1, 0.15) is 340 Å². The van der Waals surface area contributed by atoms with E-state index in [1.165, 1.54) is 241 Å². The molecule has 4 aromatic rings.